The third kappa shape index (κ3) is 5.43. The fourth-order valence-electron chi connectivity index (χ4n) is 1.88. The summed E-state index contributed by atoms with van der Waals surface area (Å²) >= 11 is 0. The quantitative estimate of drug-likeness (QED) is 0.789. The zero-order chi connectivity index (χ0) is 14.3. The molecule has 0 saturated heterocycles. The number of carboxylic acid groups (broad SMARTS) is 1. The topological polar surface area (TPSA) is 73.1 Å². The number of rotatable bonds is 7. The number of nitrogens with zero attached hydrogens (tertiary/aromatic N) is 1. The summed E-state index contributed by atoms with van der Waals surface area (Å²) in [5.41, 5.74) is 2.66. The Hall–Kier alpha value is -2.02. The number of nitrogens with one attached hydrogen (secondary N) is 1. The number of carbonyl (C=O) groups is 1. The van der Waals surface area contributed by atoms with Crippen LogP contribution >= 0.6 is 0 Å². The van der Waals surface area contributed by atoms with Crippen molar-refractivity contribution in [3.63, 3.8) is 0 Å². The fourth-order valence-corrected chi connectivity index (χ4v) is 1.88. The van der Waals surface area contributed by atoms with Crippen LogP contribution in [0.3, 0.4) is 0 Å². The Morgan fingerprint density at radius 1 is 1.47 bits per heavy atom. The molecule has 0 amide bonds. The van der Waals surface area contributed by atoms with Gasteiger partial charge in [0.25, 0.3) is 0 Å². The summed E-state index contributed by atoms with van der Waals surface area (Å²) in [6.07, 6.45) is 1.88. The highest BCUT2D eigenvalue weighted by Crippen LogP contribution is 2.15. The van der Waals surface area contributed by atoms with Gasteiger partial charge in [0.2, 0.25) is 0 Å². The summed E-state index contributed by atoms with van der Waals surface area (Å²) in [5, 5.41) is 20.7. The minimum atomic E-state index is -0.734. The summed E-state index contributed by atoms with van der Waals surface area (Å²) in [7, 11) is 0. The van der Waals surface area contributed by atoms with Gasteiger partial charge in [-0.1, -0.05) is 6.92 Å². The van der Waals surface area contributed by atoms with E-state index in [-0.39, 0.29) is 6.42 Å². The molecule has 0 aliphatic carbocycles. The van der Waals surface area contributed by atoms with Crippen molar-refractivity contribution in [3.8, 4) is 6.07 Å². The first-order chi connectivity index (χ1) is 9.02. The number of aryl methyl sites for hydroxylation is 1. The van der Waals surface area contributed by atoms with Gasteiger partial charge in [-0.3, -0.25) is 4.79 Å². The molecule has 0 aromatic heterocycles. The van der Waals surface area contributed by atoms with Crippen LogP contribution in [-0.4, -0.2) is 17.6 Å². The van der Waals surface area contributed by atoms with Gasteiger partial charge in [0.15, 0.2) is 0 Å². The molecule has 0 bridgehead atoms. The molecule has 0 saturated carbocycles. The standard InChI is InChI=1S/C15H20N2O2/c1-11(3-6-15(18)19)7-8-17-14-5-4-13(10-16)12(2)9-14/h4-5,9,11,17H,3,6-8H2,1-2H3,(H,18,19). The number of hydrogen-bond donors (Lipinski definition) is 2. The molecule has 0 aliphatic rings. The summed E-state index contributed by atoms with van der Waals surface area (Å²) in [6, 6.07) is 7.81. The first kappa shape index (κ1) is 15.0. The normalized spacial score (nSPS) is 11.6. The molecule has 4 nitrogen and oxygen atoms in total. The zero-order valence-electron chi connectivity index (χ0n) is 11.4. The second kappa shape index (κ2) is 7.42. The van der Waals surface area contributed by atoms with E-state index < -0.39 is 5.97 Å². The van der Waals surface area contributed by atoms with Gasteiger partial charge in [0.05, 0.1) is 11.6 Å². The Balaban J connectivity index is 2.35. The number of nitriles is 1. The molecule has 0 heterocycles. The van der Waals surface area contributed by atoms with Gasteiger partial charge in [-0.25, -0.2) is 0 Å². The van der Waals surface area contributed by atoms with Crippen molar-refractivity contribution in [2.75, 3.05) is 11.9 Å². The van der Waals surface area contributed by atoms with E-state index >= 15 is 0 Å². The second-order valence-electron chi connectivity index (χ2n) is 4.89. The lowest BCUT2D eigenvalue weighted by Crippen LogP contribution is -2.08. The van der Waals surface area contributed by atoms with Crippen LogP contribution in [-0.2, 0) is 4.79 Å². The molecule has 0 fully saturated rings. The van der Waals surface area contributed by atoms with Gasteiger partial charge >= 0.3 is 5.97 Å². The lowest BCUT2D eigenvalue weighted by molar-refractivity contribution is -0.137. The van der Waals surface area contributed by atoms with Gasteiger partial charge in [-0.15, -0.1) is 0 Å². The van der Waals surface area contributed by atoms with Crippen LogP contribution in [0.4, 0.5) is 5.69 Å². The Morgan fingerprint density at radius 3 is 2.79 bits per heavy atom. The molecular weight excluding hydrogens is 240 g/mol. The monoisotopic (exact) mass is 260 g/mol. The smallest absolute Gasteiger partial charge is 0.303 e. The summed E-state index contributed by atoms with van der Waals surface area (Å²) in [4.78, 5) is 10.5. The predicted octanol–water partition coefficient (Wildman–Crippen LogP) is 3.17. The Kier molecular flexibility index (Phi) is 5.87. The molecule has 1 aromatic carbocycles. The van der Waals surface area contributed by atoms with E-state index in [4.69, 9.17) is 10.4 Å². The molecule has 4 heteroatoms. The summed E-state index contributed by atoms with van der Waals surface area (Å²) in [5.74, 6) is -0.342. The lowest BCUT2D eigenvalue weighted by atomic mass is 10.0. The van der Waals surface area contributed by atoms with Crippen molar-refractivity contribution in [2.45, 2.75) is 33.1 Å². The maximum atomic E-state index is 10.5. The molecule has 2 N–H and O–H groups in total. The molecule has 102 valence electrons. The van der Waals surface area contributed by atoms with E-state index in [1.165, 1.54) is 0 Å². The minimum absolute atomic E-state index is 0.233. The van der Waals surface area contributed by atoms with Crippen molar-refractivity contribution in [3.05, 3.63) is 29.3 Å². The van der Waals surface area contributed by atoms with E-state index in [0.29, 0.717) is 17.9 Å². The summed E-state index contributed by atoms with van der Waals surface area (Å²) in [6.45, 7) is 4.79. The minimum Gasteiger partial charge on any atom is -0.481 e. The molecule has 1 aromatic rings. The average Bonchev–Trinajstić information content (AvgIpc) is 2.36. The van der Waals surface area contributed by atoms with Crippen molar-refractivity contribution >= 4 is 11.7 Å². The van der Waals surface area contributed by atoms with E-state index in [1.54, 1.807) is 0 Å². The van der Waals surface area contributed by atoms with Crippen LogP contribution < -0.4 is 5.32 Å². The molecule has 0 radical (unpaired) electrons. The zero-order valence-corrected chi connectivity index (χ0v) is 11.4. The molecule has 19 heavy (non-hydrogen) atoms. The van der Waals surface area contributed by atoms with Crippen LogP contribution in [0.5, 0.6) is 0 Å². The van der Waals surface area contributed by atoms with E-state index in [9.17, 15) is 4.79 Å². The van der Waals surface area contributed by atoms with Gasteiger partial charge in [-0.05, 0) is 49.4 Å². The third-order valence-electron chi connectivity index (χ3n) is 3.16. The van der Waals surface area contributed by atoms with Gasteiger partial charge in [0.1, 0.15) is 0 Å². The number of hydrogen-bond acceptors (Lipinski definition) is 3. The van der Waals surface area contributed by atoms with Gasteiger partial charge in [0, 0.05) is 18.7 Å². The first-order valence-electron chi connectivity index (χ1n) is 6.49. The van der Waals surface area contributed by atoms with Crippen LogP contribution in [0.15, 0.2) is 18.2 Å². The van der Waals surface area contributed by atoms with Crippen molar-refractivity contribution in [1.29, 1.82) is 5.26 Å². The van der Waals surface area contributed by atoms with Crippen LogP contribution in [0, 0.1) is 24.2 Å². The van der Waals surface area contributed by atoms with E-state index in [2.05, 4.69) is 18.3 Å². The Labute approximate surface area is 114 Å². The Bertz CT molecular complexity index is 478. The maximum Gasteiger partial charge on any atom is 0.303 e. The fraction of sp³-hybridized carbons (Fsp3) is 0.467. The lowest BCUT2D eigenvalue weighted by Gasteiger charge is -2.12. The number of anilines is 1. The Morgan fingerprint density at radius 2 is 2.21 bits per heavy atom. The highest BCUT2D eigenvalue weighted by molar-refractivity contribution is 5.66. The maximum absolute atomic E-state index is 10.5. The molecule has 0 aliphatic heterocycles. The molecule has 1 atom stereocenters. The first-order valence-corrected chi connectivity index (χ1v) is 6.49. The highest BCUT2D eigenvalue weighted by Gasteiger charge is 2.05. The molecular formula is C15H20N2O2. The number of aliphatic carboxylic acids is 1. The third-order valence-corrected chi connectivity index (χ3v) is 3.16. The van der Waals surface area contributed by atoms with Gasteiger partial charge < -0.3 is 10.4 Å². The highest BCUT2D eigenvalue weighted by atomic mass is 16.4. The summed E-state index contributed by atoms with van der Waals surface area (Å²) < 4.78 is 0. The SMILES string of the molecule is Cc1cc(NCCC(C)CCC(=O)O)ccc1C#N. The van der Waals surface area contributed by atoms with Crippen LogP contribution in [0.25, 0.3) is 0 Å². The molecule has 1 rings (SSSR count). The van der Waals surface area contributed by atoms with Crippen molar-refractivity contribution in [2.24, 2.45) is 5.92 Å². The van der Waals surface area contributed by atoms with E-state index in [1.807, 2.05) is 25.1 Å². The largest absolute Gasteiger partial charge is 0.481 e. The average molecular weight is 260 g/mol. The number of benzene rings is 1. The van der Waals surface area contributed by atoms with Crippen molar-refractivity contribution < 1.29 is 9.90 Å². The van der Waals surface area contributed by atoms with Crippen molar-refractivity contribution in [1.82, 2.24) is 0 Å². The predicted molar refractivity (Wildman–Crippen MR) is 75.0 cm³/mol. The second-order valence-corrected chi connectivity index (χ2v) is 4.89. The molecule has 1 unspecified atom stereocenters. The molecule has 0 spiro atoms. The number of carboxylic acids is 1. The van der Waals surface area contributed by atoms with Gasteiger partial charge in [-0.2, -0.15) is 5.26 Å². The van der Waals surface area contributed by atoms with Crippen LogP contribution in [0.1, 0.15) is 37.3 Å². The van der Waals surface area contributed by atoms with E-state index in [0.717, 1.165) is 24.2 Å². The van der Waals surface area contributed by atoms with Crippen LogP contribution in [0.2, 0.25) is 0 Å².